The van der Waals surface area contributed by atoms with Crippen molar-refractivity contribution in [2.75, 3.05) is 12.3 Å². The zero-order valence-corrected chi connectivity index (χ0v) is 16.8. The first kappa shape index (κ1) is 19.2. The van der Waals surface area contributed by atoms with Crippen LogP contribution in [-0.4, -0.2) is 17.6 Å². The van der Waals surface area contributed by atoms with E-state index in [0.717, 1.165) is 42.3 Å². The van der Waals surface area contributed by atoms with E-state index >= 15 is 0 Å². The number of carbonyl (C=O) groups excluding carboxylic acids is 1. The largest absolute Gasteiger partial charge is 0.461 e. The quantitative estimate of drug-likeness (QED) is 0.493. The van der Waals surface area contributed by atoms with E-state index < -0.39 is 0 Å². The molecule has 26 heavy (non-hydrogen) atoms. The average Bonchev–Trinajstić information content (AvgIpc) is 3.00. The third-order valence-electron chi connectivity index (χ3n) is 5.28. The van der Waals surface area contributed by atoms with Crippen molar-refractivity contribution in [3.63, 3.8) is 0 Å². The highest BCUT2D eigenvalue weighted by molar-refractivity contribution is 7.21. The summed E-state index contributed by atoms with van der Waals surface area (Å²) in [5, 5.41) is 1.01. The Hall–Kier alpha value is -1.62. The van der Waals surface area contributed by atoms with E-state index in [4.69, 9.17) is 15.5 Å². The van der Waals surface area contributed by atoms with Crippen LogP contribution in [0.4, 0.5) is 5.69 Å². The molecule has 0 amide bonds. The number of thiophene rings is 1. The molecule has 142 valence electrons. The van der Waals surface area contributed by atoms with Gasteiger partial charge in [-0.1, -0.05) is 39.5 Å². The summed E-state index contributed by atoms with van der Waals surface area (Å²) in [6.07, 6.45) is 11.1. The summed E-state index contributed by atoms with van der Waals surface area (Å²) in [5.41, 5.74) is 10.8. The molecule has 5 heteroatoms. The highest BCUT2D eigenvalue weighted by atomic mass is 32.1. The number of aromatic nitrogens is 1. The Balaban J connectivity index is 1.79. The van der Waals surface area contributed by atoms with Gasteiger partial charge in [0, 0.05) is 11.1 Å². The van der Waals surface area contributed by atoms with Crippen LogP contribution in [0.5, 0.6) is 0 Å². The lowest BCUT2D eigenvalue weighted by Crippen LogP contribution is -2.10. The predicted octanol–water partition coefficient (Wildman–Crippen LogP) is 5.45. The summed E-state index contributed by atoms with van der Waals surface area (Å²) >= 11 is 1.40. The topological polar surface area (TPSA) is 65.2 Å². The molecule has 1 aliphatic rings. The summed E-state index contributed by atoms with van der Waals surface area (Å²) in [7, 11) is 0. The van der Waals surface area contributed by atoms with Crippen molar-refractivity contribution in [3.05, 3.63) is 21.7 Å². The molecule has 0 unspecified atom stereocenters. The van der Waals surface area contributed by atoms with Gasteiger partial charge in [-0.05, 0) is 49.7 Å². The molecule has 2 heterocycles. The number of nitrogen functional groups attached to an aromatic ring is 1. The van der Waals surface area contributed by atoms with Gasteiger partial charge < -0.3 is 10.5 Å². The molecular weight excluding hydrogens is 344 g/mol. The molecule has 0 aromatic carbocycles. The number of aryl methyl sites for hydroxylation is 2. The van der Waals surface area contributed by atoms with Gasteiger partial charge in [0.1, 0.15) is 9.71 Å². The number of pyridine rings is 1. The summed E-state index contributed by atoms with van der Waals surface area (Å²) in [5.74, 6) is -0.288. The fourth-order valence-corrected chi connectivity index (χ4v) is 4.91. The molecule has 0 atom stereocenters. The first-order valence-electron chi connectivity index (χ1n) is 10.1. The number of nitrogens with zero attached hydrogens (tertiary/aromatic N) is 1. The third-order valence-corrected chi connectivity index (χ3v) is 6.36. The highest BCUT2D eigenvalue weighted by Gasteiger charge is 2.25. The Bertz CT molecular complexity index is 782. The number of rotatable bonds is 8. The Morgan fingerprint density at radius 3 is 2.58 bits per heavy atom. The lowest BCUT2D eigenvalue weighted by atomic mass is 9.88. The smallest absolute Gasteiger partial charge is 0.350 e. The van der Waals surface area contributed by atoms with Gasteiger partial charge in [-0.2, -0.15) is 0 Å². The number of nitrogens with two attached hydrogens (primary N) is 1. The molecule has 3 rings (SSSR count). The molecule has 0 spiro atoms. The normalized spacial score (nSPS) is 13.8. The van der Waals surface area contributed by atoms with Crippen LogP contribution >= 0.6 is 11.3 Å². The minimum Gasteiger partial charge on any atom is -0.461 e. The van der Waals surface area contributed by atoms with E-state index in [1.54, 1.807) is 0 Å². The van der Waals surface area contributed by atoms with Crippen LogP contribution in [0.15, 0.2) is 0 Å². The van der Waals surface area contributed by atoms with Crippen LogP contribution in [0.3, 0.4) is 0 Å². The van der Waals surface area contributed by atoms with E-state index in [-0.39, 0.29) is 5.97 Å². The number of esters is 1. The van der Waals surface area contributed by atoms with Crippen molar-refractivity contribution in [1.29, 1.82) is 0 Å². The fraction of sp³-hybridized carbons (Fsp3) is 0.619. The lowest BCUT2D eigenvalue weighted by molar-refractivity contribution is 0.0504. The number of carbonyl (C=O) groups is 1. The molecule has 0 aliphatic heterocycles. The van der Waals surface area contributed by atoms with Gasteiger partial charge in [-0.25, -0.2) is 9.78 Å². The second kappa shape index (κ2) is 8.85. The summed E-state index contributed by atoms with van der Waals surface area (Å²) in [6, 6.07) is 0. The van der Waals surface area contributed by atoms with Gasteiger partial charge in [0.25, 0.3) is 0 Å². The van der Waals surface area contributed by atoms with Crippen molar-refractivity contribution in [3.8, 4) is 0 Å². The second-order valence-electron chi connectivity index (χ2n) is 7.15. The minimum atomic E-state index is -0.288. The van der Waals surface area contributed by atoms with Gasteiger partial charge in [0.15, 0.2) is 0 Å². The van der Waals surface area contributed by atoms with Crippen LogP contribution in [0.25, 0.3) is 10.2 Å². The molecule has 0 fully saturated rings. The molecule has 0 radical (unpaired) electrons. The van der Waals surface area contributed by atoms with Crippen molar-refractivity contribution in [2.45, 2.75) is 78.1 Å². The minimum absolute atomic E-state index is 0.288. The van der Waals surface area contributed by atoms with Gasteiger partial charge >= 0.3 is 5.97 Å². The van der Waals surface area contributed by atoms with Gasteiger partial charge in [-0.15, -0.1) is 11.3 Å². The molecule has 2 aromatic rings. The van der Waals surface area contributed by atoms with E-state index in [2.05, 4.69) is 13.8 Å². The average molecular weight is 375 g/mol. The maximum absolute atomic E-state index is 12.5. The van der Waals surface area contributed by atoms with Crippen molar-refractivity contribution < 1.29 is 9.53 Å². The highest BCUT2D eigenvalue weighted by Crippen LogP contribution is 2.40. The maximum Gasteiger partial charge on any atom is 0.350 e. The van der Waals surface area contributed by atoms with Crippen molar-refractivity contribution in [1.82, 2.24) is 4.98 Å². The van der Waals surface area contributed by atoms with Crippen LogP contribution < -0.4 is 5.73 Å². The fourth-order valence-electron chi connectivity index (χ4n) is 3.87. The van der Waals surface area contributed by atoms with Crippen LogP contribution in [0.2, 0.25) is 0 Å². The molecule has 2 N–H and O–H groups in total. The second-order valence-corrected chi connectivity index (χ2v) is 8.15. The van der Waals surface area contributed by atoms with Gasteiger partial charge in [-0.3, -0.25) is 0 Å². The zero-order chi connectivity index (χ0) is 18.5. The van der Waals surface area contributed by atoms with Crippen LogP contribution in [0, 0.1) is 0 Å². The Kier molecular flexibility index (Phi) is 6.52. The standard InChI is InChI=1S/C21H30N2O2S/c1-3-5-6-7-10-13-25-21(24)19-18(22)17-15-12-9-8-11-14(15)16(4-2)23-20(17)26-19/h3-13,22H2,1-2H3. The third kappa shape index (κ3) is 3.88. The predicted molar refractivity (Wildman–Crippen MR) is 109 cm³/mol. The zero-order valence-electron chi connectivity index (χ0n) is 16.0. The van der Waals surface area contributed by atoms with E-state index in [0.29, 0.717) is 17.2 Å². The number of hydrogen-bond donors (Lipinski definition) is 1. The van der Waals surface area contributed by atoms with E-state index in [1.807, 2.05) is 0 Å². The molecule has 0 saturated heterocycles. The molecule has 0 bridgehead atoms. The van der Waals surface area contributed by atoms with E-state index in [1.165, 1.54) is 60.3 Å². The Morgan fingerprint density at radius 2 is 1.85 bits per heavy atom. The monoisotopic (exact) mass is 374 g/mol. The maximum atomic E-state index is 12.5. The lowest BCUT2D eigenvalue weighted by Gasteiger charge is -2.19. The van der Waals surface area contributed by atoms with Gasteiger partial charge in [0.05, 0.1) is 12.3 Å². The van der Waals surface area contributed by atoms with Crippen molar-refractivity contribution in [2.24, 2.45) is 0 Å². The van der Waals surface area contributed by atoms with Gasteiger partial charge in [0.2, 0.25) is 0 Å². The molecule has 1 aliphatic carbocycles. The number of anilines is 1. The van der Waals surface area contributed by atoms with Crippen LogP contribution in [-0.2, 0) is 24.0 Å². The molecular formula is C21H30N2O2S. The summed E-state index contributed by atoms with van der Waals surface area (Å²) in [6.45, 7) is 4.82. The molecule has 2 aromatic heterocycles. The Labute approximate surface area is 160 Å². The SMILES string of the molecule is CCCCCCCOC(=O)c1sc2nc(CC)c3c(c2c1N)CCCC3. The number of fused-ring (bicyclic) bond motifs is 3. The first-order valence-corrected chi connectivity index (χ1v) is 10.9. The number of unbranched alkanes of at least 4 members (excludes halogenated alkanes) is 4. The first-order chi connectivity index (χ1) is 12.7. The van der Waals surface area contributed by atoms with Crippen molar-refractivity contribution >= 4 is 33.2 Å². The molecule has 0 saturated carbocycles. The van der Waals surface area contributed by atoms with E-state index in [9.17, 15) is 4.79 Å². The number of hydrogen-bond acceptors (Lipinski definition) is 5. The molecule has 4 nitrogen and oxygen atoms in total. The summed E-state index contributed by atoms with van der Waals surface area (Å²) < 4.78 is 5.48. The van der Waals surface area contributed by atoms with Crippen LogP contribution in [0.1, 0.15) is 85.3 Å². The Morgan fingerprint density at radius 1 is 1.12 bits per heavy atom. The number of ether oxygens (including phenoxy) is 1. The summed E-state index contributed by atoms with van der Waals surface area (Å²) in [4.78, 5) is 18.8.